The van der Waals surface area contributed by atoms with Crippen molar-refractivity contribution in [2.24, 2.45) is 0 Å². The van der Waals surface area contributed by atoms with Crippen LogP contribution in [0.25, 0.3) is 0 Å². The fourth-order valence-electron chi connectivity index (χ4n) is 2.36. The topological polar surface area (TPSA) is 58.1 Å². The number of anilines is 2. The molecule has 5 nitrogen and oxygen atoms in total. The normalized spacial score (nSPS) is 10.4. The molecule has 1 aromatic heterocycles. The van der Waals surface area contributed by atoms with Crippen molar-refractivity contribution >= 4 is 17.4 Å². The largest absolute Gasteiger partial charge is 0.351 e. The Morgan fingerprint density at radius 3 is 2.74 bits per heavy atom. The number of carbonyl (C=O) groups is 1. The molecule has 2 aromatic rings. The molecule has 0 saturated heterocycles. The van der Waals surface area contributed by atoms with Crippen LogP contribution in [0.2, 0.25) is 0 Å². The highest BCUT2D eigenvalue weighted by Gasteiger charge is 2.13. The number of amides is 1. The van der Waals surface area contributed by atoms with Gasteiger partial charge in [0, 0.05) is 24.8 Å². The Kier molecular flexibility index (Phi) is 6.09. The molecule has 2 rings (SSSR count). The van der Waals surface area contributed by atoms with Gasteiger partial charge in [-0.1, -0.05) is 25.5 Å². The van der Waals surface area contributed by atoms with E-state index in [9.17, 15) is 4.79 Å². The maximum atomic E-state index is 12.2. The molecule has 122 valence electrons. The van der Waals surface area contributed by atoms with E-state index in [1.807, 2.05) is 12.1 Å². The molecule has 1 heterocycles. The van der Waals surface area contributed by atoms with Gasteiger partial charge in [0.25, 0.3) is 5.91 Å². The van der Waals surface area contributed by atoms with Gasteiger partial charge in [0.2, 0.25) is 0 Å². The minimum absolute atomic E-state index is 0.151. The zero-order chi connectivity index (χ0) is 16.7. The van der Waals surface area contributed by atoms with Crippen molar-refractivity contribution in [1.82, 2.24) is 15.3 Å². The minimum atomic E-state index is -0.151. The number of aryl methyl sites for hydroxylation is 1. The van der Waals surface area contributed by atoms with Crippen molar-refractivity contribution in [2.75, 3.05) is 18.0 Å². The van der Waals surface area contributed by atoms with Gasteiger partial charge in [-0.25, -0.2) is 9.97 Å². The molecular formula is C18H24N4O. The molecular weight excluding hydrogens is 288 g/mol. The Labute approximate surface area is 137 Å². The van der Waals surface area contributed by atoms with Gasteiger partial charge in [-0.05, 0) is 38.0 Å². The molecule has 0 radical (unpaired) electrons. The van der Waals surface area contributed by atoms with Gasteiger partial charge in [0.05, 0.1) is 0 Å². The molecule has 5 heteroatoms. The summed E-state index contributed by atoms with van der Waals surface area (Å²) in [5.74, 6) is 0.580. The number of benzene rings is 1. The van der Waals surface area contributed by atoms with E-state index in [1.54, 1.807) is 6.07 Å². The maximum Gasteiger partial charge on any atom is 0.270 e. The number of nitrogens with zero attached hydrogens (tertiary/aromatic N) is 3. The lowest BCUT2D eigenvalue weighted by atomic mass is 10.2. The van der Waals surface area contributed by atoms with Crippen LogP contribution in [0.3, 0.4) is 0 Å². The van der Waals surface area contributed by atoms with Crippen LogP contribution in [0.1, 0.15) is 42.7 Å². The zero-order valence-corrected chi connectivity index (χ0v) is 14.0. The molecule has 1 aromatic carbocycles. The van der Waals surface area contributed by atoms with E-state index >= 15 is 0 Å². The van der Waals surface area contributed by atoms with E-state index < -0.39 is 0 Å². The summed E-state index contributed by atoms with van der Waals surface area (Å²) in [7, 11) is 0. The van der Waals surface area contributed by atoms with Crippen molar-refractivity contribution in [3.8, 4) is 0 Å². The van der Waals surface area contributed by atoms with Gasteiger partial charge in [-0.3, -0.25) is 4.79 Å². The molecule has 23 heavy (non-hydrogen) atoms. The smallest absolute Gasteiger partial charge is 0.270 e. The summed E-state index contributed by atoms with van der Waals surface area (Å²) in [6, 6.07) is 9.97. The molecule has 0 fully saturated rings. The summed E-state index contributed by atoms with van der Waals surface area (Å²) in [6.07, 6.45) is 3.46. The second kappa shape index (κ2) is 8.27. The quantitative estimate of drug-likeness (QED) is 0.795. The Bertz CT molecular complexity index is 657. The van der Waals surface area contributed by atoms with E-state index in [0.717, 1.165) is 30.9 Å². The molecule has 0 unspecified atom stereocenters. The average molecular weight is 312 g/mol. The Morgan fingerprint density at radius 1 is 1.22 bits per heavy atom. The van der Waals surface area contributed by atoms with Gasteiger partial charge >= 0.3 is 0 Å². The van der Waals surface area contributed by atoms with E-state index in [-0.39, 0.29) is 5.91 Å². The van der Waals surface area contributed by atoms with Crippen molar-refractivity contribution in [2.45, 2.75) is 33.6 Å². The third-order valence-electron chi connectivity index (χ3n) is 3.61. The van der Waals surface area contributed by atoms with Crippen LogP contribution >= 0.6 is 0 Å². The second-order valence-corrected chi connectivity index (χ2v) is 5.45. The van der Waals surface area contributed by atoms with Crippen LogP contribution in [-0.4, -0.2) is 29.0 Å². The lowest BCUT2D eigenvalue weighted by Gasteiger charge is -2.22. The summed E-state index contributed by atoms with van der Waals surface area (Å²) < 4.78 is 0. The highest BCUT2D eigenvalue weighted by atomic mass is 16.1. The first-order valence-electron chi connectivity index (χ1n) is 8.10. The van der Waals surface area contributed by atoms with Crippen LogP contribution in [0.4, 0.5) is 11.5 Å². The standard InChI is InChI=1S/C18H24N4O/c1-4-6-10-19-18(23)16-12-17(21-13-20-16)22(5-2)15-9-7-8-14(3)11-15/h7-9,11-13H,4-6,10H2,1-3H3,(H,19,23). The molecule has 0 aliphatic rings. The SMILES string of the molecule is CCCCNC(=O)c1cc(N(CC)c2cccc(C)c2)ncn1. The van der Waals surface area contributed by atoms with Gasteiger partial charge in [-0.2, -0.15) is 0 Å². The van der Waals surface area contributed by atoms with Crippen molar-refractivity contribution in [3.63, 3.8) is 0 Å². The van der Waals surface area contributed by atoms with Crippen molar-refractivity contribution in [3.05, 3.63) is 47.9 Å². The second-order valence-electron chi connectivity index (χ2n) is 5.45. The molecule has 0 aliphatic carbocycles. The number of carbonyl (C=O) groups excluding carboxylic acids is 1. The predicted octanol–water partition coefficient (Wildman–Crippen LogP) is 3.47. The van der Waals surface area contributed by atoms with Gasteiger partial charge in [-0.15, -0.1) is 0 Å². The maximum absolute atomic E-state index is 12.2. The van der Waals surface area contributed by atoms with E-state index in [2.05, 4.69) is 53.1 Å². The van der Waals surface area contributed by atoms with Gasteiger partial charge in [0.1, 0.15) is 17.8 Å². The van der Waals surface area contributed by atoms with E-state index in [1.165, 1.54) is 11.9 Å². The number of unbranched alkanes of at least 4 members (excludes halogenated alkanes) is 1. The summed E-state index contributed by atoms with van der Waals surface area (Å²) in [6.45, 7) is 7.65. The molecule has 1 N–H and O–H groups in total. The van der Waals surface area contributed by atoms with Crippen molar-refractivity contribution in [1.29, 1.82) is 0 Å². The molecule has 0 saturated carbocycles. The first-order chi connectivity index (χ1) is 11.2. The lowest BCUT2D eigenvalue weighted by Crippen LogP contribution is -2.26. The molecule has 0 aliphatic heterocycles. The first kappa shape index (κ1) is 16.9. The first-order valence-corrected chi connectivity index (χ1v) is 8.10. The number of hydrogen-bond donors (Lipinski definition) is 1. The number of hydrogen-bond acceptors (Lipinski definition) is 4. The number of rotatable bonds is 7. The van der Waals surface area contributed by atoms with E-state index in [4.69, 9.17) is 0 Å². The molecule has 1 amide bonds. The highest BCUT2D eigenvalue weighted by Crippen LogP contribution is 2.24. The lowest BCUT2D eigenvalue weighted by molar-refractivity contribution is 0.0948. The van der Waals surface area contributed by atoms with Crippen LogP contribution in [-0.2, 0) is 0 Å². The monoisotopic (exact) mass is 312 g/mol. The summed E-state index contributed by atoms with van der Waals surface area (Å²) in [5.41, 5.74) is 2.65. The van der Waals surface area contributed by atoms with Crippen molar-refractivity contribution < 1.29 is 4.79 Å². The predicted molar refractivity (Wildman–Crippen MR) is 93.1 cm³/mol. The summed E-state index contributed by atoms with van der Waals surface area (Å²) >= 11 is 0. The minimum Gasteiger partial charge on any atom is -0.351 e. The third kappa shape index (κ3) is 4.52. The molecule has 0 spiro atoms. The third-order valence-corrected chi connectivity index (χ3v) is 3.61. The fourth-order valence-corrected chi connectivity index (χ4v) is 2.36. The highest BCUT2D eigenvalue weighted by molar-refractivity contribution is 5.93. The summed E-state index contributed by atoms with van der Waals surface area (Å²) in [4.78, 5) is 22.6. The van der Waals surface area contributed by atoms with Crippen LogP contribution in [0, 0.1) is 6.92 Å². The fraction of sp³-hybridized carbons (Fsp3) is 0.389. The van der Waals surface area contributed by atoms with E-state index in [0.29, 0.717) is 12.2 Å². The average Bonchev–Trinajstić information content (AvgIpc) is 2.56. The van der Waals surface area contributed by atoms with Gasteiger partial charge < -0.3 is 10.2 Å². The Morgan fingerprint density at radius 2 is 2.04 bits per heavy atom. The van der Waals surface area contributed by atoms with Crippen LogP contribution < -0.4 is 10.2 Å². The summed E-state index contributed by atoms with van der Waals surface area (Å²) in [5, 5.41) is 2.89. The van der Waals surface area contributed by atoms with Gasteiger partial charge in [0.15, 0.2) is 0 Å². The van der Waals surface area contributed by atoms with Crippen LogP contribution in [0.5, 0.6) is 0 Å². The molecule has 0 bridgehead atoms. The van der Waals surface area contributed by atoms with Crippen LogP contribution in [0.15, 0.2) is 36.7 Å². The number of nitrogens with one attached hydrogen (secondary N) is 1. The zero-order valence-electron chi connectivity index (χ0n) is 14.0. The molecule has 0 atom stereocenters. The number of aromatic nitrogens is 2. The Hall–Kier alpha value is -2.43. The Balaban J connectivity index is 2.21.